The fraction of sp³-hybridized carbons (Fsp3) is 0.556. The monoisotopic (exact) mass is 387 g/mol. The Hall–Kier alpha value is -1.73. The molecule has 2 aliphatic heterocycles. The van der Waals surface area contributed by atoms with Gasteiger partial charge in [-0.1, -0.05) is 6.07 Å². The first-order valence-corrected chi connectivity index (χ1v) is 8.78. The SMILES string of the molecule is Cl.O=C(CC1CC2CCC(C1)N2)NCCNC(=O)c1c(F)cccc1F. The number of benzene rings is 1. The molecule has 2 atom stereocenters. The molecule has 0 spiro atoms. The summed E-state index contributed by atoms with van der Waals surface area (Å²) in [6.45, 7) is 0.355. The maximum absolute atomic E-state index is 13.5. The molecule has 2 heterocycles. The number of amides is 2. The highest BCUT2D eigenvalue weighted by atomic mass is 35.5. The summed E-state index contributed by atoms with van der Waals surface area (Å²) in [5.74, 6) is -2.26. The molecule has 1 aromatic rings. The molecular weight excluding hydrogens is 364 g/mol. The highest BCUT2D eigenvalue weighted by Gasteiger charge is 2.34. The van der Waals surface area contributed by atoms with Crippen LogP contribution in [0.3, 0.4) is 0 Å². The summed E-state index contributed by atoms with van der Waals surface area (Å²) in [5.41, 5.74) is -0.598. The smallest absolute Gasteiger partial charge is 0.257 e. The van der Waals surface area contributed by atoms with E-state index in [-0.39, 0.29) is 31.4 Å². The summed E-state index contributed by atoms with van der Waals surface area (Å²) in [4.78, 5) is 23.8. The topological polar surface area (TPSA) is 70.2 Å². The lowest BCUT2D eigenvalue weighted by Gasteiger charge is -2.28. The number of rotatable bonds is 6. The second-order valence-electron chi connectivity index (χ2n) is 6.88. The predicted octanol–water partition coefficient (Wildman–Crippen LogP) is 2.15. The van der Waals surface area contributed by atoms with Gasteiger partial charge in [-0.15, -0.1) is 12.4 Å². The summed E-state index contributed by atoms with van der Waals surface area (Å²) in [6.07, 6.45) is 4.95. The molecule has 144 valence electrons. The zero-order valence-corrected chi connectivity index (χ0v) is 15.2. The summed E-state index contributed by atoms with van der Waals surface area (Å²) in [7, 11) is 0. The van der Waals surface area contributed by atoms with Crippen molar-refractivity contribution in [3.8, 4) is 0 Å². The van der Waals surface area contributed by atoms with Gasteiger partial charge in [0, 0.05) is 31.6 Å². The van der Waals surface area contributed by atoms with E-state index in [2.05, 4.69) is 16.0 Å². The molecule has 0 aliphatic carbocycles. The molecule has 2 unspecified atom stereocenters. The maximum atomic E-state index is 13.5. The van der Waals surface area contributed by atoms with Gasteiger partial charge < -0.3 is 16.0 Å². The lowest BCUT2D eigenvalue weighted by Crippen LogP contribution is -2.40. The minimum Gasteiger partial charge on any atom is -0.354 e. The van der Waals surface area contributed by atoms with E-state index in [9.17, 15) is 18.4 Å². The van der Waals surface area contributed by atoms with Crippen LogP contribution in [-0.4, -0.2) is 37.0 Å². The van der Waals surface area contributed by atoms with Gasteiger partial charge in [-0.2, -0.15) is 0 Å². The molecule has 8 heteroatoms. The van der Waals surface area contributed by atoms with Crippen molar-refractivity contribution in [1.82, 2.24) is 16.0 Å². The third-order valence-electron chi connectivity index (χ3n) is 4.97. The molecule has 0 saturated carbocycles. The Bertz CT molecular complexity index is 627. The van der Waals surface area contributed by atoms with Crippen molar-refractivity contribution in [3.05, 3.63) is 35.4 Å². The van der Waals surface area contributed by atoms with Crippen LogP contribution in [0.2, 0.25) is 0 Å². The minimum absolute atomic E-state index is 0. The molecule has 3 rings (SSSR count). The number of hydrogen-bond acceptors (Lipinski definition) is 3. The Morgan fingerprint density at radius 2 is 1.62 bits per heavy atom. The predicted molar refractivity (Wildman–Crippen MR) is 96.2 cm³/mol. The number of fused-ring (bicyclic) bond motifs is 2. The molecule has 0 radical (unpaired) electrons. The van der Waals surface area contributed by atoms with Crippen LogP contribution < -0.4 is 16.0 Å². The van der Waals surface area contributed by atoms with Gasteiger partial charge in [-0.25, -0.2) is 8.78 Å². The first-order chi connectivity index (χ1) is 12.0. The number of piperidine rings is 1. The Labute approximate surface area is 157 Å². The van der Waals surface area contributed by atoms with E-state index >= 15 is 0 Å². The molecule has 2 saturated heterocycles. The Balaban J connectivity index is 0.00000243. The third kappa shape index (κ3) is 5.14. The number of hydrogen-bond donors (Lipinski definition) is 3. The van der Waals surface area contributed by atoms with E-state index in [1.165, 1.54) is 18.9 Å². The van der Waals surface area contributed by atoms with Crippen LogP contribution in [0, 0.1) is 17.6 Å². The zero-order chi connectivity index (χ0) is 17.8. The zero-order valence-electron chi connectivity index (χ0n) is 14.4. The van der Waals surface area contributed by atoms with E-state index in [0.717, 1.165) is 25.0 Å². The van der Waals surface area contributed by atoms with Crippen molar-refractivity contribution in [2.45, 2.75) is 44.2 Å². The van der Waals surface area contributed by atoms with Crippen LogP contribution in [0.4, 0.5) is 8.78 Å². The highest BCUT2D eigenvalue weighted by Crippen LogP contribution is 2.32. The maximum Gasteiger partial charge on any atom is 0.257 e. The van der Waals surface area contributed by atoms with Gasteiger partial charge in [0.15, 0.2) is 0 Å². The van der Waals surface area contributed by atoms with Crippen LogP contribution >= 0.6 is 12.4 Å². The molecule has 1 aromatic carbocycles. The summed E-state index contributed by atoms with van der Waals surface area (Å²) in [5, 5.41) is 8.72. The number of halogens is 3. The standard InChI is InChI=1S/C18H23F2N3O2.ClH/c19-14-2-1-3-15(20)17(14)18(25)22-7-6-21-16(24)10-11-8-12-4-5-13(9-11)23-12;/h1-3,11-13,23H,4-10H2,(H,21,24)(H,22,25);1H. The average Bonchev–Trinajstić information content (AvgIpc) is 2.90. The van der Waals surface area contributed by atoms with Crippen molar-refractivity contribution >= 4 is 24.2 Å². The van der Waals surface area contributed by atoms with Crippen molar-refractivity contribution < 1.29 is 18.4 Å². The van der Waals surface area contributed by atoms with E-state index in [0.29, 0.717) is 24.4 Å². The molecule has 26 heavy (non-hydrogen) atoms. The Kier molecular flexibility index (Phi) is 7.34. The van der Waals surface area contributed by atoms with Crippen LogP contribution in [0.25, 0.3) is 0 Å². The van der Waals surface area contributed by atoms with Crippen LogP contribution in [0.5, 0.6) is 0 Å². The summed E-state index contributed by atoms with van der Waals surface area (Å²) < 4.78 is 27.0. The Morgan fingerprint density at radius 1 is 1.04 bits per heavy atom. The largest absolute Gasteiger partial charge is 0.354 e. The van der Waals surface area contributed by atoms with Gasteiger partial charge in [-0.05, 0) is 43.7 Å². The molecule has 3 N–H and O–H groups in total. The normalized spacial score (nSPS) is 23.8. The number of nitrogens with one attached hydrogen (secondary N) is 3. The van der Waals surface area contributed by atoms with Crippen molar-refractivity contribution in [2.75, 3.05) is 13.1 Å². The van der Waals surface area contributed by atoms with Crippen molar-refractivity contribution in [2.24, 2.45) is 5.92 Å². The highest BCUT2D eigenvalue weighted by molar-refractivity contribution is 5.94. The lowest BCUT2D eigenvalue weighted by atomic mass is 9.89. The fourth-order valence-corrected chi connectivity index (χ4v) is 3.86. The molecule has 2 aliphatic rings. The fourth-order valence-electron chi connectivity index (χ4n) is 3.86. The Morgan fingerprint density at radius 3 is 2.23 bits per heavy atom. The van der Waals surface area contributed by atoms with Gasteiger partial charge in [0.25, 0.3) is 5.91 Å². The minimum atomic E-state index is -0.901. The van der Waals surface area contributed by atoms with Crippen LogP contribution in [-0.2, 0) is 4.79 Å². The second kappa shape index (κ2) is 9.28. The molecule has 2 fully saturated rings. The first-order valence-electron chi connectivity index (χ1n) is 8.78. The van der Waals surface area contributed by atoms with Crippen molar-refractivity contribution in [3.63, 3.8) is 0 Å². The van der Waals surface area contributed by atoms with Gasteiger partial charge in [0.1, 0.15) is 17.2 Å². The van der Waals surface area contributed by atoms with Crippen LogP contribution in [0.15, 0.2) is 18.2 Å². The van der Waals surface area contributed by atoms with Gasteiger partial charge in [0.05, 0.1) is 0 Å². The van der Waals surface area contributed by atoms with E-state index in [4.69, 9.17) is 0 Å². The molecule has 2 bridgehead atoms. The summed E-state index contributed by atoms with van der Waals surface area (Å²) in [6, 6.07) is 4.37. The van der Waals surface area contributed by atoms with Crippen molar-refractivity contribution in [1.29, 1.82) is 0 Å². The molecule has 2 amide bonds. The summed E-state index contributed by atoms with van der Waals surface area (Å²) >= 11 is 0. The van der Waals surface area contributed by atoms with E-state index in [1.807, 2.05) is 0 Å². The average molecular weight is 388 g/mol. The molecular formula is C18H24ClF2N3O2. The first kappa shape index (κ1) is 20.6. The van der Waals surface area contributed by atoms with E-state index in [1.54, 1.807) is 0 Å². The van der Waals surface area contributed by atoms with Gasteiger partial charge in [0.2, 0.25) is 5.91 Å². The number of carbonyl (C=O) groups is 2. The van der Waals surface area contributed by atoms with Gasteiger partial charge in [-0.3, -0.25) is 9.59 Å². The van der Waals surface area contributed by atoms with E-state index < -0.39 is 23.1 Å². The molecule has 5 nitrogen and oxygen atoms in total. The molecule has 0 aromatic heterocycles. The second-order valence-corrected chi connectivity index (χ2v) is 6.88. The number of carbonyl (C=O) groups excluding carboxylic acids is 2. The lowest BCUT2D eigenvalue weighted by molar-refractivity contribution is -0.122. The van der Waals surface area contributed by atoms with Gasteiger partial charge >= 0.3 is 0 Å². The third-order valence-corrected chi connectivity index (χ3v) is 4.97. The van der Waals surface area contributed by atoms with Crippen LogP contribution in [0.1, 0.15) is 42.5 Å². The quantitative estimate of drug-likeness (QED) is 0.655.